The number of aromatic nitrogens is 3. The zero-order valence-corrected chi connectivity index (χ0v) is 11.4. The summed E-state index contributed by atoms with van der Waals surface area (Å²) in [6.45, 7) is 1.56. The van der Waals surface area contributed by atoms with E-state index >= 15 is 0 Å². The van der Waals surface area contributed by atoms with Gasteiger partial charge in [-0.2, -0.15) is 0 Å². The maximum absolute atomic E-state index is 12.5. The number of nitrogens with zero attached hydrogens (tertiary/aromatic N) is 4. The highest BCUT2D eigenvalue weighted by Gasteiger charge is 2.24. The van der Waals surface area contributed by atoms with Gasteiger partial charge in [0, 0.05) is 12.7 Å². The largest absolute Gasteiger partial charge is 0.331 e. The zero-order valence-electron chi connectivity index (χ0n) is 11.4. The first kappa shape index (κ1) is 12.1. The second kappa shape index (κ2) is 4.70. The number of imidazole rings is 1. The van der Waals surface area contributed by atoms with Gasteiger partial charge in [-0.1, -0.05) is 18.2 Å². The molecule has 1 aromatic carbocycles. The maximum atomic E-state index is 12.5. The summed E-state index contributed by atoms with van der Waals surface area (Å²) in [6.07, 6.45) is 3.50. The molecule has 2 aromatic heterocycles. The molecular formula is C16H14N4O. The summed E-state index contributed by atoms with van der Waals surface area (Å²) in [4.78, 5) is 23.0. The predicted molar refractivity (Wildman–Crippen MR) is 78.2 cm³/mol. The number of fused-ring (bicyclic) bond motifs is 2. The van der Waals surface area contributed by atoms with E-state index in [-0.39, 0.29) is 5.91 Å². The van der Waals surface area contributed by atoms with E-state index in [1.54, 1.807) is 12.5 Å². The van der Waals surface area contributed by atoms with Crippen LogP contribution in [0.2, 0.25) is 0 Å². The molecule has 3 aromatic rings. The van der Waals surface area contributed by atoms with Crippen LogP contribution in [0.5, 0.6) is 0 Å². The topological polar surface area (TPSA) is 51.0 Å². The zero-order chi connectivity index (χ0) is 14.2. The number of carbonyl (C=O) groups excluding carboxylic acids is 1. The van der Waals surface area contributed by atoms with E-state index in [4.69, 9.17) is 0 Å². The Labute approximate surface area is 121 Å². The molecule has 0 atom stereocenters. The second-order valence-electron chi connectivity index (χ2n) is 5.22. The van der Waals surface area contributed by atoms with Crippen molar-refractivity contribution < 1.29 is 4.79 Å². The normalized spacial score (nSPS) is 13.6. The van der Waals surface area contributed by atoms with Crippen LogP contribution in [-0.4, -0.2) is 25.3 Å². The van der Waals surface area contributed by atoms with Crippen LogP contribution < -0.4 is 0 Å². The molecule has 0 fully saturated rings. The van der Waals surface area contributed by atoms with Crippen molar-refractivity contribution in [3.05, 3.63) is 60.2 Å². The van der Waals surface area contributed by atoms with Gasteiger partial charge in [0.1, 0.15) is 6.54 Å². The van der Waals surface area contributed by atoms with E-state index < -0.39 is 0 Å². The summed E-state index contributed by atoms with van der Waals surface area (Å²) < 4.78 is 1.90. The molecule has 0 spiro atoms. The summed E-state index contributed by atoms with van der Waals surface area (Å²) in [5.74, 6) is 0.0937. The van der Waals surface area contributed by atoms with Crippen molar-refractivity contribution in [3.63, 3.8) is 0 Å². The summed E-state index contributed by atoms with van der Waals surface area (Å²) >= 11 is 0. The quantitative estimate of drug-likeness (QED) is 0.720. The Morgan fingerprint density at radius 1 is 1.10 bits per heavy atom. The highest BCUT2D eigenvalue weighted by molar-refractivity contribution is 5.80. The van der Waals surface area contributed by atoms with Crippen LogP contribution in [0.15, 0.2) is 48.9 Å². The van der Waals surface area contributed by atoms with Gasteiger partial charge in [0.15, 0.2) is 0 Å². The van der Waals surface area contributed by atoms with Gasteiger partial charge in [0.25, 0.3) is 0 Å². The maximum Gasteiger partial charge on any atom is 0.243 e. The average Bonchev–Trinajstić information content (AvgIpc) is 3.11. The number of pyridine rings is 1. The van der Waals surface area contributed by atoms with E-state index in [9.17, 15) is 4.79 Å². The van der Waals surface area contributed by atoms with Gasteiger partial charge < -0.3 is 9.47 Å². The van der Waals surface area contributed by atoms with E-state index in [0.29, 0.717) is 19.6 Å². The molecule has 5 nitrogen and oxygen atoms in total. The first-order valence-electron chi connectivity index (χ1n) is 6.92. The highest BCUT2D eigenvalue weighted by atomic mass is 16.2. The van der Waals surface area contributed by atoms with Gasteiger partial charge >= 0.3 is 0 Å². The number of hydrogen-bond donors (Lipinski definition) is 0. The predicted octanol–water partition coefficient (Wildman–Crippen LogP) is 1.97. The molecule has 21 heavy (non-hydrogen) atoms. The molecule has 0 saturated carbocycles. The smallest absolute Gasteiger partial charge is 0.243 e. The van der Waals surface area contributed by atoms with Crippen LogP contribution in [0.4, 0.5) is 0 Å². The summed E-state index contributed by atoms with van der Waals surface area (Å²) in [5, 5.41) is 0. The van der Waals surface area contributed by atoms with Crippen molar-refractivity contribution in [2.45, 2.75) is 19.6 Å². The van der Waals surface area contributed by atoms with Crippen LogP contribution >= 0.6 is 0 Å². The number of benzene rings is 1. The number of para-hydroxylation sites is 2. The standard InChI is InChI=1S/C16H14N4O/c21-16(19-8-12-4-3-7-17-14(12)9-19)10-20-11-18-13-5-1-2-6-15(13)20/h1-7,11H,8-10H2. The highest BCUT2D eigenvalue weighted by Crippen LogP contribution is 2.21. The Morgan fingerprint density at radius 2 is 2.00 bits per heavy atom. The minimum atomic E-state index is 0.0937. The number of carbonyl (C=O) groups is 1. The lowest BCUT2D eigenvalue weighted by molar-refractivity contribution is -0.132. The monoisotopic (exact) mass is 278 g/mol. The molecule has 1 aliphatic heterocycles. The molecule has 4 rings (SSSR count). The molecule has 0 radical (unpaired) electrons. The third-order valence-corrected chi connectivity index (χ3v) is 3.87. The third kappa shape index (κ3) is 2.07. The van der Waals surface area contributed by atoms with Crippen LogP contribution in [0.25, 0.3) is 11.0 Å². The molecule has 0 aliphatic carbocycles. The van der Waals surface area contributed by atoms with Gasteiger partial charge in [-0.05, 0) is 23.8 Å². The van der Waals surface area contributed by atoms with Crippen molar-refractivity contribution in [2.75, 3.05) is 0 Å². The Kier molecular flexibility index (Phi) is 2.70. The Hall–Kier alpha value is -2.69. The molecule has 0 bridgehead atoms. The van der Waals surface area contributed by atoms with E-state index in [0.717, 1.165) is 22.3 Å². The van der Waals surface area contributed by atoms with Gasteiger partial charge in [-0.15, -0.1) is 0 Å². The Balaban J connectivity index is 1.55. The Bertz CT molecular complexity index is 799. The van der Waals surface area contributed by atoms with Gasteiger partial charge in [-0.25, -0.2) is 4.98 Å². The molecule has 1 amide bonds. The molecule has 1 aliphatic rings. The van der Waals surface area contributed by atoms with E-state index in [2.05, 4.69) is 9.97 Å². The lowest BCUT2D eigenvalue weighted by atomic mass is 10.2. The van der Waals surface area contributed by atoms with Crippen molar-refractivity contribution in [2.24, 2.45) is 0 Å². The molecule has 0 saturated heterocycles. The van der Waals surface area contributed by atoms with Crippen molar-refractivity contribution in [3.8, 4) is 0 Å². The first-order chi connectivity index (χ1) is 10.3. The lowest BCUT2D eigenvalue weighted by Gasteiger charge is -2.15. The summed E-state index contributed by atoms with van der Waals surface area (Å²) in [7, 11) is 0. The minimum absolute atomic E-state index is 0.0937. The summed E-state index contributed by atoms with van der Waals surface area (Å²) in [6, 6.07) is 11.8. The Morgan fingerprint density at radius 3 is 2.90 bits per heavy atom. The molecule has 3 heterocycles. The molecule has 5 heteroatoms. The van der Waals surface area contributed by atoms with E-state index in [1.807, 2.05) is 45.9 Å². The molecule has 104 valence electrons. The van der Waals surface area contributed by atoms with Crippen molar-refractivity contribution >= 4 is 16.9 Å². The lowest BCUT2D eigenvalue weighted by Crippen LogP contribution is -2.29. The van der Waals surface area contributed by atoms with Crippen LogP contribution in [0.3, 0.4) is 0 Å². The fourth-order valence-corrected chi connectivity index (χ4v) is 2.76. The average molecular weight is 278 g/mol. The third-order valence-electron chi connectivity index (χ3n) is 3.87. The fourth-order valence-electron chi connectivity index (χ4n) is 2.76. The summed E-state index contributed by atoms with van der Waals surface area (Å²) in [5.41, 5.74) is 4.04. The fraction of sp³-hybridized carbons (Fsp3) is 0.188. The van der Waals surface area contributed by atoms with Crippen molar-refractivity contribution in [1.29, 1.82) is 0 Å². The van der Waals surface area contributed by atoms with Gasteiger partial charge in [0.2, 0.25) is 5.91 Å². The number of hydrogen-bond acceptors (Lipinski definition) is 3. The van der Waals surface area contributed by atoms with Gasteiger partial charge in [0.05, 0.1) is 29.6 Å². The number of amides is 1. The number of rotatable bonds is 2. The van der Waals surface area contributed by atoms with Crippen LogP contribution in [0, 0.1) is 0 Å². The minimum Gasteiger partial charge on any atom is -0.331 e. The van der Waals surface area contributed by atoms with Crippen molar-refractivity contribution in [1.82, 2.24) is 19.4 Å². The van der Waals surface area contributed by atoms with Crippen LogP contribution in [0.1, 0.15) is 11.3 Å². The molecule has 0 unspecified atom stereocenters. The SMILES string of the molecule is O=C(Cn1cnc2ccccc21)N1Cc2cccnc2C1. The molecular weight excluding hydrogens is 264 g/mol. The second-order valence-corrected chi connectivity index (χ2v) is 5.22. The van der Waals surface area contributed by atoms with Crippen LogP contribution in [-0.2, 0) is 24.4 Å². The van der Waals surface area contributed by atoms with E-state index in [1.165, 1.54) is 0 Å². The van der Waals surface area contributed by atoms with Gasteiger partial charge in [-0.3, -0.25) is 9.78 Å². The first-order valence-corrected chi connectivity index (χ1v) is 6.92. The molecule has 0 N–H and O–H groups in total.